The SMILES string of the molecule is COc1cc(CN(C(=O)c2cc(Cl)c(OC)c(Cl)c2)C2CCCCC2)ccc1OCC(N)=O. The van der Waals surface area contributed by atoms with Crippen LogP contribution in [0.25, 0.3) is 0 Å². The third kappa shape index (κ3) is 6.24. The zero-order chi connectivity index (χ0) is 24.0. The summed E-state index contributed by atoms with van der Waals surface area (Å²) in [6.45, 7) is 0.124. The first kappa shape index (κ1) is 25.0. The van der Waals surface area contributed by atoms with Gasteiger partial charge in [0.05, 0.1) is 24.3 Å². The fourth-order valence-corrected chi connectivity index (χ4v) is 4.72. The normalized spacial score (nSPS) is 13.9. The van der Waals surface area contributed by atoms with Crippen LogP contribution in [0.5, 0.6) is 17.2 Å². The Hall–Kier alpha value is -2.64. The lowest BCUT2D eigenvalue weighted by molar-refractivity contribution is -0.119. The van der Waals surface area contributed by atoms with E-state index in [1.165, 1.54) is 20.6 Å². The molecule has 0 heterocycles. The third-order valence-corrected chi connectivity index (χ3v) is 6.24. The van der Waals surface area contributed by atoms with Gasteiger partial charge in [0.2, 0.25) is 0 Å². The van der Waals surface area contributed by atoms with Crippen LogP contribution in [0.1, 0.15) is 48.0 Å². The highest BCUT2D eigenvalue weighted by molar-refractivity contribution is 6.37. The van der Waals surface area contributed by atoms with Crippen LogP contribution in [0, 0.1) is 0 Å². The summed E-state index contributed by atoms with van der Waals surface area (Å²) >= 11 is 12.6. The van der Waals surface area contributed by atoms with Gasteiger partial charge in [0.1, 0.15) is 0 Å². The van der Waals surface area contributed by atoms with Gasteiger partial charge < -0.3 is 24.8 Å². The Morgan fingerprint density at radius 2 is 1.67 bits per heavy atom. The van der Waals surface area contributed by atoms with Crippen molar-refractivity contribution in [1.82, 2.24) is 4.90 Å². The molecule has 2 N–H and O–H groups in total. The van der Waals surface area contributed by atoms with Gasteiger partial charge in [0, 0.05) is 18.2 Å². The molecule has 0 radical (unpaired) electrons. The molecule has 1 fully saturated rings. The number of rotatable bonds is 9. The summed E-state index contributed by atoms with van der Waals surface area (Å²) < 4.78 is 16.0. The van der Waals surface area contributed by atoms with Crippen molar-refractivity contribution in [3.63, 3.8) is 0 Å². The van der Waals surface area contributed by atoms with Crippen LogP contribution in [-0.2, 0) is 11.3 Å². The number of carbonyl (C=O) groups excluding carboxylic acids is 2. The van der Waals surface area contributed by atoms with Gasteiger partial charge >= 0.3 is 0 Å². The van der Waals surface area contributed by atoms with Crippen molar-refractivity contribution in [3.8, 4) is 17.2 Å². The molecular formula is C24H28Cl2N2O5. The molecule has 2 aromatic carbocycles. The second-order valence-electron chi connectivity index (χ2n) is 7.94. The quantitative estimate of drug-likeness (QED) is 0.537. The Balaban J connectivity index is 1.90. The molecule has 3 rings (SSSR count). The zero-order valence-corrected chi connectivity index (χ0v) is 20.2. The lowest BCUT2D eigenvalue weighted by Gasteiger charge is -2.35. The lowest BCUT2D eigenvalue weighted by atomic mass is 9.93. The number of halogens is 2. The van der Waals surface area contributed by atoms with Crippen LogP contribution in [-0.4, -0.2) is 43.6 Å². The molecular weight excluding hydrogens is 467 g/mol. The molecule has 0 spiro atoms. The Kier molecular flexibility index (Phi) is 8.69. The first-order chi connectivity index (χ1) is 15.8. The summed E-state index contributed by atoms with van der Waals surface area (Å²) in [6, 6.07) is 8.63. The molecule has 33 heavy (non-hydrogen) atoms. The first-order valence-electron chi connectivity index (χ1n) is 10.8. The maximum Gasteiger partial charge on any atom is 0.255 e. The summed E-state index contributed by atoms with van der Waals surface area (Å²) in [5.41, 5.74) is 6.43. The van der Waals surface area contributed by atoms with E-state index in [2.05, 4.69) is 0 Å². The van der Waals surface area contributed by atoms with Gasteiger partial charge in [-0.2, -0.15) is 0 Å². The van der Waals surface area contributed by atoms with Gasteiger partial charge in [0.15, 0.2) is 23.9 Å². The van der Waals surface area contributed by atoms with Crippen molar-refractivity contribution < 1.29 is 23.8 Å². The molecule has 0 unspecified atom stereocenters. The van der Waals surface area contributed by atoms with E-state index in [0.717, 1.165) is 31.2 Å². The van der Waals surface area contributed by atoms with Gasteiger partial charge in [-0.1, -0.05) is 48.5 Å². The number of methoxy groups -OCH3 is 2. The fourth-order valence-electron chi connectivity index (χ4n) is 4.08. The summed E-state index contributed by atoms with van der Waals surface area (Å²) in [7, 11) is 2.99. The topological polar surface area (TPSA) is 91.1 Å². The number of hydrogen-bond donors (Lipinski definition) is 1. The molecule has 7 nitrogen and oxygen atoms in total. The van der Waals surface area contributed by atoms with Crippen LogP contribution < -0.4 is 19.9 Å². The third-order valence-electron chi connectivity index (χ3n) is 5.68. The molecule has 9 heteroatoms. The van der Waals surface area contributed by atoms with E-state index in [9.17, 15) is 9.59 Å². The highest BCUT2D eigenvalue weighted by atomic mass is 35.5. The monoisotopic (exact) mass is 494 g/mol. The van der Waals surface area contributed by atoms with Crippen LogP contribution in [0.3, 0.4) is 0 Å². The van der Waals surface area contributed by atoms with Crippen LogP contribution in [0.4, 0.5) is 0 Å². The predicted octanol–water partition coefficient (Wildman–Crippen LogP) is 4.85. The molecule has 1 saturated carbocycles. The van der Waals surface area contributed by atoms with Crippen LogP contribution >= 0.6 is 23.2 Å². The number of nitrogens with zero attached hydrogens (tertiary/aromatic N) is 1. The number of carbonyl (C=O) groups is 2. The molecule has 0 aromatic heterocycles. The van der Waals surface area contributed by atoms with E-state index in [0.29, 0.717) is 29.4 Å². The molecule has 2 amide bonds. The summed E-state index contributed by atoms with van der Waals surface area (Å²) in [4.78, 5) is 26.5. The van der Waals surface area contributed by atoms with Gasteiger partial charge in [-0.3, -0.25) is 9.59 Å². The van der Waals surface area contributed by atoms with Gasteiger partial charge in [-0.15, -0.1) is 0 Å². The maximum absolute atomic E-state index is 13.6. The van der Waals surface area contributed by atoms with E-state index in [4.69, 9.17) is 43.1 Å². The Morgan fingerprint density at radius 1 is 1.00 bits per heavy atom. The fraction of sp³-hybridized carbons (Fsp3) is 0.417. The summed E-state index contributed by atoms with van der Waals surface area (Å²) in [6.07, 6.45) is 5.17. The van der Waals surface area contributed by atoms with Crippen LogP contribution in [0.2, 0.25) is 10.0 Å². The average Bonchev–Trinajstić information content (AvgIpc) is 2.81. The number of hydrogen-bond acceptors (Lipinski definition) is 5. The van der Waals surface area contributed by atoms with E-state index >= 15 is 0 Å². The Labute approximate surface area is 203 Å². The smallest absolute Gasteiger partial charge is 0.255 e. The highest BCUT2D eigenvalue weighted by Crippen LogP contribution is 2.35. The molecule has 178 valence electrons. The minimum atomic E-state index is -0.577. The molecule has 0 saturated heterocycles. The molecule has 0 atom stereocenters. The predicted molar refractivity (Wildman–Crippen MR) is 127 cm³/mol. The highest BCUT2D eigenvalue weighted by Gasteiger charge is 2.28. The minimum Gasteiger partial charge on any atom is -0.494 e. The first-order valence-corrected chi connectivity index (χ1v) is 11.5. The molecule has 1 aliphatic rings. The maximum atomic E-state index is 13.6. The van der Waals surface area contributed by atoms with E-state index in [1.807, 2.05) is 11.0 Å². The number of ether oxygens (including phenoxy) is 3. The van der Waals surface area contributed by atoms with E-state index < -0.39 is 5.91 Å². The lowest BCUT2D eigenvalue weighted by Crippen LogP contribution is -2.41. The second-order valence-corrected chi connectivity index (χ2v) is 8.75. The van der Waals surface area contributed by atoms with Crippen molar-refractivity contribution in [2.75, 3.05) is 20.8 Å². The number of benzene rings is 2. The average molecular weight is 495 g/mol. The van der Waals surface area contributed by atoms with Crippen molar-refractivity contribution in [2.24, 2.45) is 5.73 Å². The zero-order valence-electron chi connectivity index (χ0n) is 18.7. The number of primary amides is 1. The van der Waals surface area contributed by atoms with E-state index in [1.54, 1.807) is 24.3 Å². The van der Waals surface area contributed by atoms with Gasteiger partial charge in [-0.05, 0) is 42.7 Å². The number of amides is 2. The Morgan fingerprint density at radius 3 is 2.24 bits per heavy atom. The standard InChI is InChI=1S/C24H28Cl2N2O5/c1-31-21-10-15(8-9-20(21)33-14-22(27)29)13-28(17-6-4-3-5-7-17)24(30)16-11-18(25)23(32-2)19(26)12-16/h8-12,17H,3-7,13-14H2,1-2H3,(H2,27,29). The molecule has 0 bridgehead atoms. The van der Waals surface area contributed by atoms with Crippen molar-refractivity contribution >= 4 is 35.0 Å². The number of nitrogens with two attached hydrogens (primary N) is 1. The van der Waals surface area contributed by atoms with Gasteiger partial charge in [0.25, 0.3) is 11.8 Å². The van der Waals surface area contributed by atoms with Crippen molar-refractivity contribution in [3.05, 3.63) is 51.5 Å². The Bertz CT molecular complexity index is 985. The van der Waals surface area contributed by atoms with Crippen molar-refractivity contribution in [1.29, 1.82) is 0 Å². The summed E-state index contributed by atoms with van der Waals surface area (Å²) in [5.74, 6) is 0.480. The minimum absolute atomic E-state index is 0.0997. The molecule has 0 aliphatic heterocycles. The summed E-state index contributed by atoms with van der Waals surface area (Å²) in [5, 5.41) is 0.573. The molecule has 2 aromatic rings. The van der Waals surface area contributed by atoms with Crippen molar-refractivity contribution in [2.45, 2.75) is 44.7 Å². The molecule has 1 aliphatic carbocycles. The van der Waals surface area contributed by atoms with Crippen LogP contribution in [0.15, 0.2) is 30.3 Å². The second kappa shape index (κ2) is 11.5. The largest absolute Gasteiger partial charge is 0.494 e. The van der Waals surface area contributed by atoms with Gasteiger partial charge in [-0.25, -0.2) is 0 Å². The van der Waals surface area contributed by atoms with E-state index in [-0.39, 0.29) is 28.6 Å².